The maximum absolute atomic E-state index is 12.8. The van der Waals surface area contributed by atoms with Crippen LogP contribution in [0, 0.1) is 0 Å². The second kappa shape index (κ2) is 11.0. The van der Waals surface area contributed by atoms with Gasteiger partial charge < -0.3 is 20.9 Å². The average molecular weight is 458 g/mol. The van der Waals surface area contributed by atoms with Gasteiger partial charge in [0, 0.05) is 61.7 Å². The Hall–Kier alpha value is -3.55. The zero-order valence-electron chi connectivity index (χ0n) is 19.5. The van der Waals surface area contributed by atoms with Crippen LogP contribution < -0.4 is 11.1 Å². The quantitative estimate of drug-likeness (QED) is 0.395. The van der Waals surface area contributed by atoms with Crippen LogP contribution in [-0.4, -0.2) is 66.2 Å². The van der Waals surface area contributed by atoms with E-state index in [-0.39, 0.29) is 11.7 Å². The van der Waals surface area contributed by atoms with E-state index in [1.807, 2.05) is 24.3 Å². The highest BCUT2D eigenvalue weighted by molar-refractivity contribution is 6.06. The number of carbonyl (C=O) groups excluding carboxylic acids is 2. The fraction of sp³-hybridized carbons (Fsp3) is 0.296. The average Bonchev–Trinajstić information content (AvgIpc) is 2.87. The minimum Gasteiger partial charge on any atom is -0.397 e. The van der Waals surface area contributed by atoms with Crippen molar-refractivity contribution in [3.8, 4) is 11.1 Å². The first-order valence-corrected chi connectivity index (χ1v) is 11.6. The van der Waals surface area contributed by atoms with Crippen molar-refractivity contribution in [1.82, 2.24) is 14.8 Å². The van der Waals surface area contributed by atoms with Gasteiger partial charge in [0.2, 0.25) is 0 Å². The number of pyridine rings is 1. The second-order valence-corrected chi connectivity index (χ2v) is 8.75. The SMILES string of the molecule is CN1CCN(CCCC(=O)c2ccc(C(=O)Nc3cc(-c4cccnc4)ccc3N)cc2)CC1. The first-order chi connectivity index (χ1) is 16.5. The van der Waals surface area contributed by atoms with Gasteiger partial charge in [0.15, 0.2) is 5.78 Å². The predicted octanol–water partition coefficient (Wildman–Crippen LogP) is 3.79. The Morgan fingerprint density at radius 1 is 0.971 bits per heavy atom. The van der Waals surface area contributed by atoms with Gasteiger partial charge in [-0.15, -0.1) is 0 Å². The van der Waals surface area contributed by atoms with Crippen molar-refractivity contribution in [3.63, 3.8) is 0 Å². The lowest BCUT2D eigenvalue weighted by atomic mass is 10.0. The van der Waals surface area contributed by atoms with Crippen molar-refractivity contribution in [2.75, 3.05) is 50.8 Å². The van der Waals surface area contributed by atoms with E-state index in [0.717, 1.165) is 50.3 Å². The van der Waals surface area contributed by atoms with Crippen LogP contribution in [0.2, 0.25) is 0 Å². The van der Waals surface area contributed by atoms with E-state index in [0.29, 0.717) is 28.9 Å². The molecule has 2 heterocycles. The molecule has 1 aromatic heterocycles. The monoisotopic (exact) mass is 457 g/mol. The zero-order valence-corrected chi connectivity index (χ0v) is 19.5. The summed E-state index contributed by atoms with van der Waals surface area (Å²) >= 11 is 0. The molecule has 1 saturated heterocycles. The van der Waals surface area contributed by atoms with E-state index in [4.69, 9.17) is 5.73 Å². The molecule has 176 valence electrons. The molecule has 34 heavy (non-hydrogen) atoms. The summed E-state index contributed by atoms with van der Waals surface area (Å²) in [7, 11) is 2.14. The van der Waals surface area contributed by atoms with E-state index in [9.17, 15) is 9.59 Å². The molecular formula is C27H31N5O2. The van der Waals surface area contributed by atoms with Crippen LogP contribution in [0.4, 0.5) is 11.4 Å². The summed E-state index contributed by atoms with van der Waals surface area (Å²) < 4.78 is 0. The fourth-order valence-corrected chi connectivity index (χ4v) is 4.06. The molecule has 1 fully saturated rings. The molecule has 1 amide bonds. The number of ketones is 1. The van der Waals surface area contributed by atoms with Gasteiger partial charge in [-0.1, -0.05) is 24.3 Å². The van der Waals surface area contributed by atoms with Gasteiger partial charge >= 0.3 is 0 Å². The maximum Gasteiger partial charge on any atom is 0.255 e. The third-order valence-corrected chi connectivity index (χ3v) is 6.24. The van der Waals surface area contributed by atoms with Crippen molar-refractivity contribution < 1.29 is 9.59 Å². The van der Waals surface area contributed by atoms with Crippen LogP contribution in [-0.2, 0) is 0 Å². The van der Waals surface area contributed by atoms with E-state index < -0.39 is 0 Å². The van der Waals surface area contributed by atoms with Crippen molar-refractivity contribution in [1.29, 1.82) is 0 Å². The van der Waals surface area contributed by atoms with E-state index in [1.165, 1.54) is 0 Å². The largest absolute Gasteiger partial charge is 0.397 e. The number of Topliss-reactive ketones (excluding diaryl/α,β-unsaturated/α-hetero) is 1. The summed E-state index contributed by atoms with van der Waals surface area (Å²) in [5, 5.41) is 2.88. The number of likely N-dealkylation sites (N-methyl/N-ethyl adjacent to an activating group) is 1. The smallest absolute Gasteiger partial charge is 0.255 e. The fourth-order valence-electron chi connectivity index (χ4n) is 4.06. The number of anilines is 2. The summed E-state index contributed by atoms with van der Waals surface area (Å²) in [4.78, 5) is 34.2. The number of amides is 1. The van der Waals surface area contributed by atoms with E-state index >= 15 is 0 Å². The normalized spacial score (nSPS) is 14.6. The van der Waals surface area contributed by atoms with Gasteiger partial charge in [0.1, 0.15) is 0 Å². The lowest BCUT2D eigenvalue weighted by molar-refractivity contribution is 0.0965. The number of hydrogen-bond acceptors (Lipinski definition) is 6. The summed E-state index contributed by atoms with van der Waals surface area (Å²) in [6.07, 6.45) is 4.83. The lowest BCUT2D eigenvalue weighted by Crippen LogP contribution is -2.44. The van der Waals surface area contributed by atoms with Crippen LogP contribution in [0.3, 0.4) is 0 Å². The number of nitrogens with two attached hydrogens (primary N) is 1. The van der Waals surface area contributed by atoms with Crippen LogP contribution in [0.5, 0.6) is 0 Å². The Morgan fingerprint density at radius 3 is 2.41 bits per heavy atom. The van der Waals surface area contributed by atoms with Crippen molar-refractivity contribution in [2.45, 2.75) is 12.8 Å². The molecule has 7 heteroatoms. The molecule has 0 bridgehead atoms. The third-order valence-electron chi connectivity index (χ3n) is 6.24. The number of nitrogens with zero attached hydrogens (tertiary/aromatic N) is 3. The van der Waals surface area contributed by atoms with Gasteiger partial charge in [-0.25, -0.2) is 0 Å². The van der Waals surface area contributed by atoms with Crippen LogP contribution in [0.25, 0.3) is 11.1 Å². The number of rotatable bonds is 8. The number of aromatic nitrogens is 1. The molecule has 0 spiro atoms. The van der Waals surface area contributed by atoms with Crippen LogP contribution >= 0.6 is 0 Å². The third kappa shape index (κ3) is 6.07. The molecule has 0 atom stereocenters. The number of nitrogen functional groups attached to an aromatic ring is 1. The number of hydrogen-bond donors (Lipinski definition) is 2. The summed E-state index contributed by atoms with van der Waals surface area (Å²) in [6, 6.07) is 16.1. The van der Waals surface area contributed by atoms with Crippen LogP contribution in [0.15, 0.2) is 67.0 Å². The standard InChI is InChI=1S/C27H31N5O2/c1-31-14-16-32(17-15-31)13-3-5-26(33)20-6-8-21(9-7-20)27(34)30-25-18-22(10-11-24(25)28)23-4-2-12-29-19-23/h2,4,6-12,18-19H,3,5,13-17,28H2,1H3,(H,30,34). The lowest BCUT2D eigenvalue weighted by Gasteiger charge is -2.32. The molecular weight excluding hydrogens is 426 g/mol. The molecule has 2 aromatic carbocycles. The zero-order chi connectivity index (χ0) is 23.9. The Kier molecular flexibility index (Phi) is 7.67. The highest BCUT2D eigenvalue weighted by atomic mass is 16.1. The highest BCUT2D eigenvalue weighted by Crippen LogP contribution is 2.27. The number of benzene rings is 2. The number of piperazine rings is 1. The molecule has 0 unspecified atom stereocenters. The van der Waals surface area contributed by atoms with Gasteiger partial charge in [-0.2, -0.15) is 0 Å². The second-order valence-electron chi connectivity index (χ2n) is 8.75. The molecule has 0 aliphatic carbocycles. The van der Waals surface area contributed by atoms with Crippen molar-refractivity contribution >= 4 is 23.1 Å². The van der Waals surface area contributed by atoms with Gasteiger partial charge in [-0.05, 0) is 55.9 Å². The predicted molar refractivity (Wildman–Crippen MR) is 136 cm³/mol. The highest BCUT2D eigenvalue weighted by Gasteiger charge is 2.15. The van der Waals surface area contributed by atoms with E-state index in [2.05, 4.69) is 27.1 Å². The number of nitrogens with one attached hydrogen (secondary N) is 1. The molecule has 7 nitrogen and oxygen atoms in total. The Morgan fingerprint density at radius 2 is 1.71 bits per heavy atom. The topological polar surface area (TPSA) is 91.6 Å². The summed E-state index contributed by atoms with van der Waals surface area (Å²) in [5.41, 5.74) is 10.1. The first-order valence-electron chi connectivity index (χ1n) is 11.6. The molecule has 4 rings (SSSR count). The Labute approximate surface area is 200 Å². The molecule has 3 aromatic rings. The molecule has 3 N–H and O–H groups in total. The van der Waals surface area contributed by atoms with Crippen molar-refractivity contribution in [3.05, 3.63) is 78.1 Å². The first kappa shape index (κ1) is 23.6. The minimum atomic E-state index is -0.274. The van der Waals surface area contributed by atoms with E-state index in [1.54, 1.807) is 42.7 Å². The van der Waals surface area contributed by atoms with Gasteiger partial charge in [0.05, 0.1) is 11.4 Å². The molecule has 1 aliphatic rings. The Balaban J connectivity index is 1.33. The summed E-state index contributed by atoms with van der Waals surface area (Å²) in [6.45, 7) is 5.22. The molecule has 1 aliphatic heterocycles. The van der Waals surface area contributed by atoms with Crippen LogP contribution in [0.1, 0.15) is 33.6 Å². The Bertz CT molecular complexity index is 1120. The summed E-state index contributed by atoms with van der Waals surface area (Å²) in [5.74, 6) is -0.168. The molecule has 0 saturated carbocycles. The maximum atomic E-state index is 12.8. The number of carbonyl (C=O) groups is 2. The van der Waals surface area contributed by atoms with Gasteiger partial charge in [0.25, 0.3) is 5.91 Å². The van der Waals surface area contributed by atoms with Crippen molar-refractivity contribution in [2.24, 2.45) is 0 Å². The molecule has 0 radical (unpaired) electrons. The van der Waals surface area contributed by atoms with Gasteiger partial charge in [-0.3, -0.25) is 14.6 Å². The minimum absolute atomic E-state index is 0.106.